The average Bonchev–Trinajstić information content (AvgIpc) is 2.71. The lowest BCUT2D eigenvalue weighted by atomic mass is 10.1. The normalized spacial score (nSPS) is 10.6. The van der Waals surface area contributed by atoms with Crippen LogP contribution >= 0.6 is 0 Å². The highest BCUT2D eigenvalue weighted by atomic mass is 16.5. The molecule has 0 saturated heterocycles. The van der Waals surface area contributed by atoms with Crippen LogP contribution in [0, 0.1) is 0 Å². The van der Waals surface area contributed by atoms with Crippen LogP contribution < -0.4 is 9.47 Å². The lowest BCUT2D eigenvalue weighted by molar-refractivity contribution is -0.130. The first-order valence-electron chi connectivity index (χ1n) is 9.02. The monoisotopic (exact) mass is 363 g/mol. The van der Waals surface area contributed by atoms with Gasteiger partial charge >= 0.3 is 0 Å². The molecule has 0 saturated carbocycles. The maximum Gasteiger partial charge on any atom is 0.222 e. The smallest absolute Gasteiger partial charge is 0.222 e. The molecule has 0 aromatic heterocycles. The molecule has 0 atom stereocenters. The van der Waals surface area contributed by atoms with Crippen molar-refractivity contribution in [2.24, 2.45) is 0 Å². The van der Waals surface area contributed by atoms with Crippen molar-refractivity contribution >= 4 is 16.7 Å². The summed E-state index contributed by atoms with van der Waals surface area (Å²) in [7, 11) is 5.10. The van der Waals surface area contributed by atoms with Gasteiger partial charge in [0.1, 0.15) is 11.5 Å². The zero-order chi connectivity index (χ0) is 19.2. The fourth-order valence-electron chi connectivity index (χ4n) is 3.15. The largest absolute Gasteiger partial charge is 0.497 e. The zero-order valence-electron chi connectivity index (χ0n) is 16.1. The minimum atomic E-state index is 0.116. The van der Waals surface area contributed by atoms with Gasteiger partial charge < -0.3 is 14.4 Å². The summed E-state index contributed by atoms with van der Waals surface area (Å²) in [4.78, 5) is 14.3. The molecule has 3 rings (SSSR count). The third kappa shape index (κ3) is 4.79. The lowest BCUT2D eigenvalue weighted by Gasteiger charge is -2.18. The summed E-state index contributed by atoms with van der Waals surface area (Å²) in [6.45, 7) is 0.602. The van der Waals surface area contributed by atoms with Crippen LogP contribution in [-0.4, -0.2) is 32.1 Å². The zero-order valence-corrected chi connectivity index (χ0v) is 16.1. The van der Waals surface area contributed by atoms with E-state index in [-0.39, 0.29) is 5.91 Å². The van der Waals surface area contributed by atoms with Gasteiger partial charge in [-0.15, -0.1) is 0 Å². The van der Waals surface area contributed by atoms with Crippen LogP contribution in [0.2, 0.25) is 0 Å². The van der Waals surface area contributed by atoms with Crippen LogP contribution in [0.3, 0.4) is 0 Å². The van der Waals surface area contributed by atoms with Gasteiger partial charge in [-0.05, 0) is 46.5 Å². The maximum absolute atomic E-state index is 12.6. The Labute approximate surface area is 160 Å². The highest BCUT2D eigenvalue weighted by Crippen LogP contribution is 2.23. The number of nitrogens with zero attached hydrogens (tertiary/aromatic N) is 1. The van der Waals surface area contributed by atoms with E-state index in [1.165, 1.54) is 10.8 Å². The second-order valence-corrected chi connectivity index (χ2v) is 6.65. The third-order valence-corrected chi connectivity index (χ3v) is 4.70. The molecule has 4 heteroatoms. The van der Waals surface area contributed by atoms with E-state index >= 15 is 0 Å². The highest BCUT2D eigenvalue weighted by molar-refractivity contribution is 5.83. The first-order valence-corrected chi connectivity index (χ1v) is 9.02. The molecule has 0 heterocycles. The summed E-state index contributed by atoms with van der Waals surface area (Å²) in [5.74, 6) is 1.59. The molecule has 0 aliphatic carbocycles. The number of aryl methyl sites for hydroxylation is 1. The van der Waals surface area contributed by atoms with E-state index in [4.69, 9.17) is 9.47 Å². The van der Waals surface area contributed by atoms with Gasteiger partial charge in [0.05, 0.1) is 14.2 Å². The van der Waals surface area contributed by atoms with Gasteiger partial charge in [0, 0.05) is 26.1 Å². The summed E-state index contributed by atoms with van der Waals surface area (Å²) < 4.78 is 10.6. The molecular weight excluding hydrogens is 338 g/mol. The Morgan fingerprint density at radius 1 is 0.852 bits per heavy atom. The number of carbonyl (C=O) groups excluding carboxylic acids is 1. The minimum absolute atomic E-state index is 0.116. The fraction of sp³-hybridized carbons (Fsp3) is 0.261. The Morgan fingerprint density at radius 2 is 1.52 bits per heavy atom. The molecule has 0 unspecified atom stereocenters. The van der Waals surface area contributed by atoms with E-state index < -0.39 is 0 Å². The summed E-state index contributed by atoms with van der Waals surface area (Å²) in [6.07, 6.45) is 1.09. The SMILES string of the molecule is COc1cc(CCC(=O)N(C)Cc2ccc3ccccc3c2)cc(OC)c1. The van der Waals surface area contributed by atoms with Crippen molar-refractivity contribution in [3.63, 3.8) is 0 Å². The average molecular weight is 363 g/mol. The molecule has 0 aliphatic rings. The topological polar surface area (TPSA) is 38.8 Å². The number of amides is 1. The van der Waals surface area contributed by atoms with Gasteiger partial charge in [0.2, 0.25) is 5.91 Å². The second-order valence-electron chi connectivity index (χ2n) is 6.65. The predicted molar refractivity (Wildman–Crippen MR) is 108 cm³/mol. The summed E-state index contributed by atoms with van der Waals surface area (Å²) in [5, 5.41) is 2.40. The van der Waals surface area contributed by atoms with Crippen molar-refractivity contribution in [2.45, 2.75) is 19.4 Å². The summed E-state index contributed by atoms with van der Waals surface area (Å²) in [6, 6.07) is 20.3. The van der Waals surface area contributed by atoms with E-state index in [0.717, 1.165) is 22.6 Å². The van der Waals surface area contributed by atoms with Crippen LogP contribution in [0.5, 0.6) is 11.5 Å². The number of hydrogen-bond acceptors (Lipinski definition) is 3. The van der Waals surface area contributed by atoms with E-state index in [1.807, 2.05) is 37.4 Å². The van der Waals surface area contributed by atoms with E-state index in [9.17, 15) is 4.79 Å². The van der Waals surface area contributed by atoms with Crippen molar-refractivity contribution in [1.82, 2.24) is 4.90 Å². The van der Waals surface area contributed by atoms with E-state index in [2.05, 4.69) is 30.3 Å². The van der Waals surface area contributed by atoms with E-state index in [0.29, 0.717) is 19.4 Å². The van der Waals surface area contributed by atoms with Crippen LogP contribution in [0.4, 0.5) is 0 Å². The Bertz CT molecular complexity index is 914. The van der Waals surface area contributed by atoms with Gasteiger partial charge in [0.15, 0.2) is 0 Å². The van der Waals surface area contributed by atoms with Gasteiger partial charge in [-0.1, -0.05) is 36.4 Å². The Balaban J connectivity index is 1.61. The lowest BCUT2D eigenvalue weighted by Crippen LogP contribution is -2.26. The quantitative estimate of drug-likeness (QED) is 0.623. The first-order chi connectivity index (χ1) is 13.1. The molecule has 3 aromatic carbocycles. The molecule has 1 amide bonds. The number of carbonyl (C=O) groups is 1. The van der Waals surface area contributed by atoms with Crippen LogP contribution in [0.25, 0.3) is 10.8 Å². The number of rotatable bonds is 7. The number of methoxy groups -OCH3 is 2. The van der Waals surface area contributed by atoms with Crippen molar-refractivity contribution in [2.75, 3.05) is 21.3 Å². The second kappa shape index (κ2) is 8.58. The maximum atomic E-state index is 12.6. The van der Waals surface area contributed by atoms with Gasteiger partial charge in [0.25, 0.3) is 0 Å². The molecule has 3 aromatic rings. The molecule has 0 spiro atoms. The third-order valence-electron chi connectivity index (χ3n) is 4.70. The molecule has 4 nitrogen and oxygen atoms in total. The highest BCUT2D eigenvalue weighted by Gasteiger charge is 2.11. The Morgan fingerprint density at radius 3 is 2.19 bits per heavy atom. The summed E-state index contributed by atoms with van der Waals surface area (Å²) in [5.41, 5.74) is 2.16. The number of benzene rings is 3. The fourth-order valence-corrected chi connectivity index (χ4v) is 3.15. The number of ether oxygens (including phenoxy) is 2. The Kier molecular flexibility index (Phi) is 5.97. The molecule has 27 heavy (non-hydrogen) atoms. The van der Waals surface area contributed by atoms with Gasteiger partial charge in [-0.2, -0.15) is 0 Å². The van der Waals surface area contributed by atoms with Crippen molar-refractivity contribution in [1.29, 1.82) is 0 Å². The van der Waals surface area contributed by atoms with Gasteiger partial charge in [-0.3, -0.25) is 4.79 Å². The molecule has 0 aliphatic heterocycles. The number of fused-ring (bicyclic) bond motifs is 1. The molecule has 0 N–H and O–H groups in total. The van der Waals surface area contributed by atoms with E-state index in [1.54, 1.807) is 19.1 Å². The van der Waals surface area contributed by atoms with Crippen molar-refractivity contribution in [3.05, 3.63) is 71.8 Å². The molecular formula is C23H25NO3. The van der Waals surface area contributed by atoms with Crippen molar-refractivity contribution < 1.29 is 14.3 Å². The Hall–Kier alpha value is -3.01. The number of hydrogen-bond donors (Lipinski definition) is 0. The molecule has 0 bridgehead atoms. The predicted octanol–water partition coefficient (Wildman–Crippen LogP) is 4.45. The first kappa shape index (κ1) is 18.8. The molecule has 0 fully saturated rings. The molecule has 0 radical (unpaired) electrons. The van der Waals surface area contributed by atoms with Crippen molar-refractivity contribution in [3.8, 4) is 11.5 Å². The standard InChI is InChI=1S/C23H25NO3/c1-24(16-18-8-10-19-6-4-5-7-20(19)12-18)23(25)11-9-17-13-21(26-2)15-22(14-17)27-3/h4-8,10,12-15H,9,11,16H2,1-3H3. The van der Waals surface area contributed by atoms with Crippen LogP contribution in [-0.2, 0) is 17.8 Å². The van der Waals surface area contributed by atoms with Gasteiger partial charge in [-0.25, -0.2) is 0 Å². The minimum Gasteiger partial charge on any atom is -0.497 e. The molecule has 140 valence electrons. The van der Waals surface area contributed by atoms with Crippen LogP contribution in [0.1, 0.15) is 17.5 Å². The van der Waals surface area contributed by atoms with Crippen LogP contribution in [0.15, 0.2) is 60.7 Å². The summed E-state index contributed by atoms with van der Waals surface area (Å²) >= 11 is 0.